The standard InChI is InChI=1S/C16H15N3O3/c1-9-3-5-11(6-4-9)19-15(17-18-16(19)22)12-7-10(2)13(20)8-14(12)21/h3-8,20-21H,1-2H3,(H,18,22). The van der Waals surface area contributed by atoms with Crippen LogP contribution in [-0.2, 0) is 0 Å². The van der Waals surface area contributed by atoms with Gasteiger partial charge in [-0.05, 0) is 37.6 Å². The number of nitrogens with one attached hydrogen (secondary N) is 1. The molecule has 6 heteroatoms. The fraction of sp³-hybridized carbons (Fsp3) is 0.125. The van der Waals surface area contributed by atoms with Gasteiger partial charge < -0.3 is 10.2 Å². The Balaban J connectivity index is 2.24. The summed E-state index contributed by atoms with van der Waals surface area (Å²) in [5.41, 5.74) is 2.27. The molecule has 0 atom stereocenters. The number of aromatic nitrogens is 3. The molecule has 0 spiro atoms. The summed E-state index contributed by atoms with van der Waals surface area (Å²) in [5, 5.41) is 26.1. The molecule has 1 heterocycles. The number of aryl methyl sites for hydroxylation is 2. The van der Waals surface area contributed by atoms with E-state index < -0.39 is 5.69 Å². The predicted octanol–water partition coefficient (Wildman–Crippen LogP) is 2.26. The van der Waals surface area contributed by atoms with E-state index in [-0.39, 0.29) is 17.3 Å². The first-order valence-electron chi connectivity index (χ1n) is 6.75. The van der Waals surface area contributed by atoms with Gasteiger partial charge in [0.05, 0.1) is 11.3 Å². The van der Waals surface area contributed by atoms with Crippen LogP contribution in [-0.4, -0.2) is 25.0 Å². The Morgan fingerprint density at radius 2 is 1.73 bits per heavy atom. The summed E-state index contributed by atoms with van der Waals surface area (Å²) in [4.78, 5) is 12.1. The van der Waals surface area contributed by atoms with Crippen LogP contribution in [0.3, 0.4) is 0 Å². The van der Waals surface area contributed by atoms with Gasteiger partial charge in [-0.15, -0.1) is 0 Å². The second-order valence-corrected chi connectivity index (χ2v) is 5.18. The molecule has 0 unspecified atom stereocenters. The molecule has 0 amide bonds. The van der Waals surface area contributed by atoms with Gasteiger partial charge in [0.2, 0.25) is 0 Å². The van der Waals surface area contributed by atoms with Crippen molar-refractivity contribution in [3.63, 3.8) is 0 Å². The molecule has 2 aromatic carbocycles. The zero-order valence-corrected chi connectivity index (χ0v) is 12.2. The van der Waals surface area contributed by atoms with Gasteiger partial charge in [-0.1, -0.05) is 17.7 Å². The second-order valence-electron chi connectivity index (χ2n) is 5.18. The van der Waals surface area contributed by atoms with Crippen LogP contribution in [0.4, 0.5) is 0 Å². The number of benzene rings is 2. The number of phenols is 2. The highest BCUT2D eigenvalue weighted by atomic mass is 16.3. The third kappa shape index (κ3) is 2.24. The minimum absolute atomic E-state index is 0.0129. The molecule has 0 bridgehead atoms. The fourth-order valence-corrected chi connectivity index (χ4v) is 2.28. The Bertz CT molecular complexity index is 892. The number of aromatic hydroxyl groups is 2. The van der Waals surface area contributed by atoms with Gasteiger partial charge in [-0.3, -0.25) is 0 Å². The third-order valence-corrected chi connectivity index (χ3v) is 3.52. The van der Waals surface area contributed by atoms with Gasteiger partial charge in [-0.2, -0.15) is 5.10 Å². The molecule has 0 radical (unpaired) electrons. The summed E-state index contributed by atoms with van der Waals surface area (Å²) in [5.74, 6) is 0.130. The van der Waals surface area contributed by atoms with Crippen molar-refractivity contribution in [2.75, 3.05) is 0 Å². The first-order chi connectivity index (χ1) is 10.5. The Labute approximate surface area is 126 Å². The quantitative estimate of drug-likeness (QED) is 0.676. The Kier molecular flexibility index (Phi) is 3.21. The number of phenolic OH excluding ortho intramolecular Hbond substituents is 2. The number of H-pyrrole nitrogens is 1. The van der Waals surface area contributed by atoms with Crippen LogP contribution < -0.4 is 5.69 Å². The Morgan fingerprint density at radius 3 is 2.41 bits per heavy atom. The van der Waals surface area contributed by atoms with E-state index in [1.807, 2.05) is 19.1 Å². The lowest BCUT2D eigenvalue weighted by Gasteiger charge is -2.09. The highest BCUT2D eigenvalue weighted by Gasteiger charge is 2.17. The number of aromatic amines is 1. The van der Waals surface area contributed by atoms with Gasteiger partial charge >= 0.3 is 5.69 Å². The zero-order chi connectivity index (χ0) is 15.9. The molecule has 0 saturated carbocycles. The van der Waals surface area contributed by atoms with Crippen LogP contribution in [0.2, 0.25) is 0 Å². The number of rotatable bonds is 2. The normalized spacial score (nSPS) is 10.8. The largest absolute Gasteiger partial charge is 0.508 e. The van der Waals surface area contributed by atoms with E-state index in [0.29, 0.717) is 16.8 Å². The summed E-state index contributed by atoms with van der Waals surface area (Å²) in [7, 11) is 0. The maximum Gasteiger partial charge on any atom is 0.348 e. The summed E-state index contributed by atoms with van der Waals surface area (Å²) in [6.45, 7) is 3.66. The summed E-state index contributed by atoms with van der Waals surface area (Å²) < 4.78 is 1.38. The maximum atomic E-state index is 12.1. The van der Waals surface area contributed by atoms with Crippen molar-refractivity contribution in [1.82, 2.24) is 14.8 Å². The van der Waals surface area contributed by atoms with E-state index in [1.54, 1.807) is 25.1 Å². The minimum atomic E-state index is -0.399. The number of hydrogen-bond donors (Lipinski definition) is 3. The molecule has 0 aliphatic heterocycles. The summed E-state index contributed by atoms with van der Waals surface area (Å²) in [6, 6.07) is 10.2. The lowest BCUT2D eigenvalue weighted by Crippen LogP contribution is -2.15. The lowest BCUT2D eigenvalue weighted by molar-refractivity contribution is 0.449. The molecule has 3 aromatic rings. The molecule has 0 fully saturated rings. The van der Waals surface area contributed by atoms with Gasteiger partial charge in [0, 0.05) is 6.07 Å². The van der Waals surface area contributed by atoms with Crippen molar-refractivity contribution >= 4 is 0 Å². The van der Waals surface area contributed by atoms with Crippen LogP contribution in [0.1, 0.15) is 11.1 Å². The van der Waals surface area contributed by atoms with Crippen LogP contribution >= 0.6 is 0 Å². The lowest BCUT2D eigenvalue weighted by atomic mass is 10.1. The van der Waals surface area contributed by atoms with E-state index >= 15 is 0 Å². The Morgan fingerprint density at radius 1 is 1.05 bits per heavy atom. The smallest absolute Gasteiger partial charge is 0.348 e. The molecule has 6 nitrogen and oxygen atoms in total. The average molecular weight is 297 g/mol. The average Bonchev–Trinajstić information content (AvgIpc) is 2.85. The van der Waals surface area contributed by atoms with Crippen molar-refractivity contribution in [2.24, 2.45) is 0 Å². The highest BCUT2D eigenvalue weighted by Crippen LogP contribution is 2.33. The van der Waals surface area contributed by atoms with Crippen LogP contribution in [0.5, 0.6) is 11.5 Å². The van der Waals surface area contributed by atoms with Crippen molar-refractivity contribution in [2.45, 2.75) is 13.8 Å². The van der Waals surface area contributed by atoms with Crippen molar-refractivity contribution in [3.05, 3.63) is 58.0 Å². The monoisotopic (exact) mass is 297 g/mol. The van der Waals surface area contributed by atoms with Gasteiger partial charge in [0.15, 0.2) is 5.82 Å². The summed E-state index contributed by atoms with van der Waals surface area (Å²) >= 11 is 0. The Hall–Kier alpha value is -3.02. The van der Waals surface area contributed by atoms with E-state index in [1.165, 1.54) is 10.6 Å². The molecule has 0 saturated heterocycles. The highest BCUT2D eigenvalue weighted by molar-refractivity contribution is 5.68. The fourth-order valence-electron chi connectivity index (χ4n) is 2.28. The van der Waals surface area contributed by atoms with Crippen molar-refractivity contribution in [3.8, 4) is 28.6 Å². The van der Waals surface area contributed by atoms with E-state index in [0.717, 1.165) is 5.56 Å². The SMILES string of the molecule is Cc1ccc(-n2c(-c3cc(C)c(O)cc3O)n[nH]c2=O)cc1. The summed E-state index contributed by atoms with van der Waals surface area (Å²) in [6.07, 6.45) is 0. The van der Waals surface area contributed by atoms with E-state index in [4.69, 9.17) is 0 Å². The first kappa shape index (κ1) is 13.9. The molecule has 1 aromatic heterocycles. The molecule has 0 aliphatic rings. The molecule has 0 aliphatic carbocycles. The number of hydrogen-bond acceptors (Lipinski definition) is 4. The third-order valence-electron chi connectivity index (χ3n) is 3.52. The van der Waals surface area contributed by atoms with Crippen molar-refractivity contribution < 1.29 is 10.2 Å². The molecule has 3 N–H and O–H groups in total. The molecule has 22 heavy (non-hydrogen) atoms. The first-order valence-corrected chi connectivity index (χ1v) is 6.75. The molecule has 3 rings (SSSR count). The van der Waals surface area contributed by atoms with Crippen LogP contribution in [0.25, 0.3) is 17.1 Å². The molecular formula is C16H15N3O3. The topological polar surface area (TPSA) is 91.1 Å². The molecule has 112 valence electrons. The minimum Gasteiger partial charge on any atom is -0.508 e. The maximum absolute atomic E-state index is 12.1. The second kappa shape index (κ2) is 5.07. The van der Waals surface area contributed by atoms with Crippen molar-refractivity contribution in [1.29, 1.82) is 0 Å². The number of nitrogens with zero attached hydrogens (tertiary/aromatic N) is 2. The van der Waals surface area contributed by atoms with E-state index in [9.17, 15) is 15.0 Å². The molecular weight excluding hydrogens is 282 g/mol. The van der Waals surface area contributed by atoms with Crippen LogP contribution in [0, 0.1) is 13.8 Å². The van der Waals surface area contributed by atoms with E-state index in [2.05, 4.69) is 10.2 Å². The van der Waals surface area contributed by atoms with Crippen LogP contribution in [0.15, 0.2) is 41.2 Å². The van der Waals surface area contributed by atoms with Gasteiger partial charge in [-0.25, -0.2) is 14.5 Å². The zero-order valence-electron chi connectivity index (χ0n) is 12.2. The van der Waals surface area contributed by atoms with Gasteiger partial charge in [0.25, 0.3) is 0 Å². The predicted molar refractivity (Wildman–Crippen MR) is 82.4 cm³/mol. The van der Waals surface area contributed by atoms with Gasteiger partial charge in [0.1, 0.15) is 11.5 Å².